The van der Waals surface area contributed by atoms with E-state index in [0.29, 0.717) is 18.2 Å². The van der Waals surface area contributed by atoms with E-state index in [-0.39, 0.29) is 24.3 Å². The highest BCUT2D eigenvalue weighted by Crippen LogP contribution is 2.35. The first-order valence-corrected chi connectivity index (χ1v) is 12.4. The molecule has 0 bridgehead atoms. The van der Waals surface area contributed by atoms with E-state index in [2.05, 4.69) is 30.7 Å². The van der Waals surface area contributed by atoms with Crippen molar-refractivity contribution in [3.05, 3.63) is 59.2 Å². The van der Waals surface area contributed by atoms with Gasteiger partial charge in [0.1, 0.15) is 18.1 Å². The molecule has 0 saturated heterocycles. The van der Waals surface area contributed by atoms with Crippen molar-refractivity contribution in [3.63, 3.8) is 0 Å². The van der Waals surface area contributed by atoms with E-state index < -0.39 is 10.0 Å². The number of hydrogen-bond donors (Lipinski definition) is 1. The summed E-state index contributed by atoms with van der Waals surface area (Å²) in [6, 6.07) is 13.8. The lowest BCUT2D eigenvalue weighted by molar-refractivity contribution is -0.119. The van der Waals surface area contributed by atoms with Crippen molar-refractivity contribution in [1.29, 1.82) is 0 Å². The van der Waals surface area contributed by atoms with Gasteiger partial charge in [-0.05, 0) is 54.3 Å². The maximum Gasteiger partial charge on any atom is 0.209 e. The fraction of sp³-hybridized carbons (Fsp3) is 0.435. The van der Waals surface area contributed by atoms with Crippen LogP contribution >= 0.6 is 11.6 Å². The Morgan fingerprint density at radius 3 is 2.29 bits per heavy atom. The quantitative estimate of drug-likeness (QED) is 0.379. The van der Waals surface area contributed by atoms with Crippen molar-refractivity contribution < 1.29 is 22.7 Å². The lowest BCUT2D eigenvalue weighted by Gasteiger charge is -2.28. The molecule has 1 N–H and O–H groups in total. The number of sulfonamides is 1. The molecule has 0 unspecified atom stereocenters. The predicted molar refractivity (Wildman–Crippen MR) is 124 cm³/mol. The van der Waals surface area contributed by atoms with Crippen LogP contribution in [0.15, 0.2) is 42.5 Å². The highest BCUT2D eigenvalue weighted by Gasteiger charge is 2.25. The molecule has 2 aromatic carbocycles. The minimum atomic E-state index is -3.41. The number of carbonyl (C=O) groups excluding carboxylic acids is 1. The normalized spacial score (nSPS) is 11.9. The molecule has 0 aliphatic carbocycles. The Morgan fingerprint density at radius 1 is 1.06 bits per heavy atom. The molecule has 0 aromatic heterocycles. The van der Waals surface area contributed by atoms with Gasteiger partial charge in [-0.1, -0.05) is 32.0 Å². The number of rotatable bonds is 12. The molecule has 0 atom stereocenters. The Kier molecular flexibility index (Phi) is 8.91. The number of alkyl halides is 1. The SMILES string of the molecule is Cc1cc(OCC(=O)CNS(C)(=O)=O)ccc1C(C)(C)c1ccc(OCCCCl)cc1. The Morgan fingerprint density at radius 2 is 1.71 bits per heavy atom. The summed E-state index contributed by atoms with van der Waals surface area (Å²) in [7, 11) is -3.41. The smallest absolute Gasteiger partial charge is 0.209 e. The first kappa shape index (κ1) is 25.2. The van der Waals surface area contributed by atoms with E-state index in [9.17, 15) is 13.2 Å². The molecule has 0 saturated carbocycles. The number of ether oxygens (including phenoxy) is 2. The number of Topliss-reactive ketones (excluding diaryl/α,β-unsaturated/α-hetero) is 1. The highest BCUT2D eigenvalue weighted by atomic mass is 35.5. The summed E-state index contributed by atoms with van der Waals surface area (Å²) in [5, 5.41) is 0. The number of carbonyl (C=O) groups is 1. The average Bonchev–Trinajstić information content (AvgIpc) is 2.70. The third kappa shape index (κ3) is 7.83. The zero-order chi connectivity index (χ0) is 23.1. The summed E-state index contributed by atoms with van der Waals surface area (Å²) >= 11 is 5.68. The van der Waals surface area contributed by atoms with Crippen LogP contribution in [-0.4, -0.2) is 46.1 Å². The molecule has 2 rings (SSSR count). The van der Waals surface area contributed by atoms with Crippen LogP contribution in [-0.2, 0) is 20.2 Å². The number of aryl methyl sites for hydroxylation is 1. The molecular weight excluding hydrogens is 438 g/mol. The molecule has 31 heavy (non-hydrogen) atoms. The first-order valence-electron chi connectivity index (χ1n) is 10.0. The minimum Gasteiger partial charge on any atom is -0.494 e. The first-order chi connectivity index (χ1) is 14.5. The number of nitrogens with one attached hydrogen (secondary N) is 1. The van der Waals surface area contributed by atoms with Gasteiger partial charge < -0.3 is 9.47 Å². The van der Waals surface area contributed by atoms with Gasteiger partial charge in [0.25, 0.3) is 0 Å². The van der Waals surface area contributed by atoms with E-state index in [1.807, 2.05) is 37.3 Å². The van der Waals surface area contributed by atoms with Crippen molar-refractivity contribution in [2.24, 2.45) is 0 Å². The van der Waals surface area contributed by atoms with Crippen molar-refractivity contribution >= 4 is 27.4 Å². The second-order valence-corrected chi connectivity index (χ2v) is 10.1. The number of hydrogen-bond acceptors (Lipinski definition) is 5. The Hall–Kier alpha value is -2.09. The summed E-state index contributed by atoms with van der Waals surface area (Å²) in [5.41, 5.74) is 3.08. The van der Waals surface area contributed by atoms with Crippen LogP contribution in [0.2, 0.25) is 0 Å². The number of benzene rings is 2. The Bertz CT molecular complexity index is 988. The Labute approximate surface area is 190 Å². The molecule has 2 aromatic rings. The zero-order valence-electron chi connectivity index (χ0n) is 18.4. The van der Waals surface area contributed by atoms with Gasteiger partial charge in [0.05, 0.1) is 19.4 Å². The van der Waals surface area contributed by atoms with Crippen molar-refractivity contribution in [3.8, 4) is 11.5 Å². The molecule has 0 aliphatic heterocycles. The van der Waals surface area contributed by atoms with Crippen LogP contribution < -0.4 is 14.2 Å². The van der Waals surface area contributed by atoms with Gasteiger partial charge in [0.15, 0.2) is 5.78 Å². The van der Waals surface area contributed by atoms with E-state index in [4.69, 9.17) is 21.1 Å². The maximum atomic E-state index is 11.8. The minimum absolute atomic E-state index is 0.199. The summed E-state index contributed by atoms with van der Waals surface area (Å²) in [5.74, 6) is 1.62. The van der Waals surface area contributed by atoms with Gasteiger partial charge >= 0.3 is 0 Å². The molecule has 170 valence electrons. The molecule has 0 amide bonds. The number of ketones is 1. The monoisotopic (exact) mass is 467 g/mol. The molecule has 0 aliphatic rings. The highest BCUT2D eigenvalue weighted by molar-refractivity contribution is 7.88. The molecule has 0 radical (unpaired) electrons. The van der Waals surface area contributed by atoms with Crippen LogP contribution in [0.4, 0.5) is 0 Å². The second kappa shape index (κ2) is 11.0. The average molecular weight is 468 g/mol. The van der Waals surface area contributed by atoms with Crippen molar-refractivity contribution in [2.75, 3.05) is 31.9 Å². The van der Waals surface area contributed by atoms with Gasteiger partial charge in [0.2, 0.25) is 10.0 Å². The summed E-state index contributed by atoms with van der Waals surface area (Å²) < 4.78 is 35.5. The molecule has 0 heterocycles. The van der Waals surface area contributed by atoms with Crippen LogP contribution in [0.5, 0.6) is 11.5 Å². The van der Waals surface area contributed by atoms with Gasteiger partial charge in [-0.25, -0.2) is 13.1 Å². The Balaban J connectivity index is 2.04. The van der Waals surface area contributed by atoms with Gasteiger partial charge in [0, 0.05) is 11.3 Å². The van der Waals surface area contributed by atoms with Gasteiger partial charge in [-0.2, -0.15) is 0 Å². The van der Waals surface area contributed by atoms with E-state index >= 15 is 0 Å². The van der Waals surface area contributed by atoms with Gasteiger partial charge in [-0.3, -0.25) is 4.79 Å². The maximum absolute atomic E-state index is 11.8. The lowest BCUT2D eigenvalue weighted by Crippen LogP contribution is -2.31. The lowest BCUT2D eigenvalue weighted by atomic mass is 9.76. The van der Waals surface area contributed by atoms with Crippen LogP contribution in [0.3, 0.4) is 0 Å². The largest absolute Gasteiger partial charge is 0.494 e. The standard InChI is InChI=1S/C23H30ClNO5S/c1-17-14-21(30-16-19(26)15-25-31(4,27)28)10-11-22(17)23(2,3)18-6-8-20(9-7-18)29-13-5-12-24/h6-11,14,25H,5,12-13,15-16H2,1-4H3. The summed E-state index contributed by atoms with van der Waals surface area (Å²) in [6.07, 6.45) is 1.81. The molecule has 0 spiro atoms. The van der Waals surface area contributed by atoms with E-state index in [1.165, 1.54) is 0 Å². The van der Waals surface area contributed by atoms with Crippen LogP contribution in [0.1, 0.15) is 37.0 Å². The van der Waals surface area contributed by atoms with Crippen LogP contribution in [0.25, 0.3) is 0 Å². The second-order valence-electron chi connectivity index (χ2n) is 7.94. The van der Waals surface area contributed by atoms with E-state index in [0.717, 1.165) is 35.1 Å². The predicted octanol–water partition coefficient (Wildman–Crippen LogP) is 3.83. The van der Waals surface area contributed by atoms with Crippen molar-refractivity contribution in [2.45, 2.75) is 32.6 Å². The molecule has 8 heteroatoms. The fourth-order valence-corrected chi connectivity index (χ4v) is 3.75. The van der Waals surface area contributed by atoms with Crippen molar-refractivity contribution in [1.82, 2.24) is 4.72 Å². The fourth-order valence-electron chi connectivity index (χ4n) is 3.22. The summed E-state index contributed by atoms with van der Waals surface area (Å²) in [6.45, 7) is 6.42. The van der Waals surface area contributed by atoms with Crippen LogP contribution in [0, 0.1) is 6.92 Å². The third-order valence-corrected chi connectivity index (χ3v) is 5.86. The third-order valence-electron chi connectivity index (χ3n) is 4.93. The summed E-state index contributed by atoms with van der Waals surface area (Å²) in [4.78, 5) is 11.8. The molecular formula is C23H30ClNO5S. The van der Waals surface area contributed by atoms with Gasteiger partial charge in [-0.15, -0.1) is 11.6 Å². The molecule has 6 nitrogen and oxygen atoms in total. The zero-order valence-corrected chi connectivity index (χ0v) is 20.0. The van der Waals surface area contributed by atoms with E-state index in [1.54, 1.807) is 0 Å². The topological polar surface area (TPSA) is 81.7 Å². The number of halogens is 1. The molecule has 0 fully saturated rings.